The average molecular weight is 245 g/mol. The van der Waals surface area contributed by atoms with E-state index < -0.39 is 0 Å². The molecule has 1 aromatic heterocycles. The molecule has 0 N–H and O–H groups in total. The molecule has 1 nitrogen and oxygen atoms in total. The summed E-state index contributed by atoms with van der Waals surface area (Å²) in [7, 11) is 0. The van der Waals surface area contributed by atoms with Gasteiger partial charge in [0.1, 0.15) is 5.82 Å². The second-order valence-corrected chi connectivity index (χ2v) is 6.18. The van der Waals surface area contributed by atoms with Gasteiger partial charge in [0.25, 0.3) is 0 Å². The Bertz CT molecular complexity index is 599. The molecular weight excluding hydrogens is 225 g/mol. The van der Waals surface area contributed by atoms with E-state index in [9.17, 15) is 4.39 Å². The average Bonchev–Trinajstić information content (AvgIpc) is 2.56. The molecule has 96 valence electrons. The maximum atomic E-state index is 13.8. The van der Waals surface area contributed by atoms with Crippen molar-refractivity contribution in [3.63, 3.8) is 0 Å². The predicted octanol–water partition coefficient (Wildman–Crippen LogP) is 4.86. The van der Waals surface area contributed by atoms with Gasteiger partial charge >= 0.3 is 0 Å². The van der Waals surface area contributed by atoms with Crippen LogP contribution in [-0.4, -0.2) is 4.57 Å². The van der Waals surface area contributed by atoms with Crippen molar-refractivity contribution in [3.05, 3.63) is 42.4 Å². The second kappa shape index (κ2) is 4.27. The van der Waals surface area contributed by atoms with Crippen molar-refractivity contribution in [2.45, 2.75) is 34.2 Å². The van der Waals surface area contributed by atoms with Crippen molar-refractivity contribution in [1.82, 2.24) is 4.57 Å². The number of hydrogen-bond acceptors (Lipinski definition) is 0. The lowest BCUT2D eigenvalue weighted by atomic mass is 9.97. The highest BCUT2D eigenvalue weighted by Crippen LogP contribution is 2.27. The largest absolute Gasteiger partial charge is 0.347 e. The molecular formula is C16H20FN. The molecule has 0 unspecified atom stereocenters. The molecule has 2 rings (SSSR count). The van der Waals surface area contributed by atoms with Gasteiger partial charge in [-0.3, -0.25) is 0 Å². The molecule has 0 saturated heterocycles. The van der Waals surface area contributed by atoms with Crippen LogP contribution in [0.3, 0.4) is 0 Å². The van der Waals surface area contributed by atoms with Crippen LogP contribution >= 0.6 is 0 Å². The first-order valence-corrected chi connectivity index (χ1v) is 6.22. The number of halogens is 1. The molecule has 0 bridgehead atoms. The Hall–Kier alpha value is -1.57. The number of rotatable bonds is 2. The normalized spacial score (nSPS) is 12.1. The maximum Gasteiger partial charge on any atom is 0.131 e. The standard InChI is InChI=1S/C16H20FN/c1-11(2)13-9-15-12(8-14(13)17)6-7-18(15)10-16(3,4)5/h6-9H,1,10H2,2-5H3. The van der Waals surface area contributed by atoms with Gasteiger partial charge in [-0.15, -0.1) is 0 Å². The first-order valence-electron chi connectivity index (χ1n) is 6.22. The monoisotopic (exact) mass is 245 g/mol. The Kier molecular flexibility index (Phi) is 3.05. The van der Waals surface area contributed by atoms with Crippen molar-refractivity contribution in [2.24, 2.45) is 5.41 Å². The van der Waals surface area contributed by atoms with Crippen LogP contribution in [0.25, 0.3) is 16.5 Å². The summed E-state index contributed by atoms with van der Waals surface area (Å²) in [4.78, 5) is 0. The van der Waals surface area contributed by atoms with Crippen molar-refractivity contribution >= 4 is 16.5 Å². The highest BCUT2D eigenvalue weighted by atomic mass is 19.1. The molecule has 2 heteroatoms. The van der Waals surface area contributed by atoms with E-state index in [1.807, 2.05) is 25.3 Å². The van der Waals surface area contributed by atoms with E-state index in [1.165, 1.54) is 0 Å². The fourth-order valence-electron chi connectivity index (χ4n) is 2.19. The molecule has 0 radical (unpaired) electrons. The zero-order valence-electron chi connectivity index (χ0n) is 11.5. The van der Waals surface area contributed by atoms with Gasteiger partial charge in [0.05, 0.1) is 0 Å². The lowest BCUT2D eigenvalue weighted by Gasteiger charge is -2.20. The van der Waals surface area contributed by atoms with Crippen molar-refractivity contribution < 1.29 is 4.39 Å². The Morgan fingerprint density at radius 2 is 2.00 bits per heavy atom. The van der Waals surface area contributed by atoms with E-state index in [0.717, 1.165) is 23.0 Å². The van der Waals surface area contributed by atoms with Crippen molar-refractivity contribution in [2.75, 3.05) is 0 Å². The number of fused-ring (bicyclic) bond motifs is 1. The zero-order chi connectivity index (χ0) is 13.5. The fourth-order valence-corrected chi connectivity index (χ4v) is 2.19. The number of allylic oxidation sites excluding steroid dienone is 1. The minimum absolute atomic E-state index is 0.191. The molecule has 1 aromatic carbocycles. The first kappa shape index (κ1) is 12.9. The van der Waals surface area contributed by atoms with Crippen LogP contribution in [0.2, 0.25) is 0 Å². The summed E-state index contributed by atoms with van der Waals surface area (Å²) in [5.74, 6) is -0.191. The van der Waals surface area contributed by atoms with Gasteiger partial charge in [-0.25, -0.2) is 4.39 Å². The topological polar surface area (TPSA) is 4.93 Å². The molecule has 0 amide bonds. The molecule has 18 heavy (non-hydrogen) atoms. The molecule has 0 atom stereocenters. The third kappa shape index (κ3) is 2.47. The zero-order valence-corrected chi connectivity index (χ0v) is 11.5. The third-order valence-corrected chi connectivity index (χ3v) is 2.96. The number of aromatic nitrogens is 1. The minimum atomic E-state index is -0.191. The number of benzene rings is 1. The quantitative estimate of drug-likeness (QED) is 0.712. The summed E-state index contributed by atoms with van der Waals surface area (Å²) in [5.41, 5.74) is 2.64. The summed E-state index contributed by atoms with van der Waals surface area (Å²) in [6.07, 6.45) is 2.03. The van der Waals surface area contributed by atoms with E-state index in [1.54, 1.807) is 6.07 Å². The molecule has 0 spiro atoms. The second-order valence-electron chi connectivity index (χ2n) is 6.18. The van der Waals surface area contributed by atoms with Crippen molar-refractivity contribution in [1.29, 1.82) is 0 Å². The van der Waals surface area contributed by atoms with Crippen LogP contribution in [-0.2, 0) is 6.54 Å². The first-order chi connectivity index (χ1) is 8.28. The number of nitrogens with zero attached hydrogens (tertiary/aromatic N) is 1. The Balaban J connectivity index is 2.58. The van der Waals surface area contributed by atoms with E-state index in [-0.39, 0.29) is 11.2 Å². The van der Waals surface area contributed by atoms with Gasteiger partial charge in [-0.05, 0) is 36.1 Å². The maximum absolute atomic E-state index is 13.8. The molecule has 1 heterocycles. The lowest BCUT2D eigenvalue weighted by Crippen LogP contribution is -2.14. The van der Waals surface area contributed by atoms with E-state index in [0.29, 0.717) is 5.56 Å². The highest BCUT2D eigenvalue weighted by Gasteiger charge is 2.14. The molecule has 2 aromatic rings. The van der Waals surface area contributed by atoms with Gasteiger partial charge in [0.15, 0.2) is 0 Å². The summed E-state index contributed by atoms with van der Waals surface area (Å²) < 4.78 is 16.0. The smallest absolute Gasteiger partial charge is 0.131 e. The summed E-state index contributed by atoms with van der Waals surface area (Å²) in [6, 6.07) is 5.46. The van der Waals surface area contributed by atoms with Crippen molar-refractivity contribution in [3.8, 4) is 0 Å². The number of hydrogen-bond donors (Lipinski definition) is 0. The summed E-state index contributed by atoms with van der Waals surface area (Å²) >= 11 is 0. The van der Waals surface area contributed by atoms with Gasteiger partial charge in [0, 0.05) is 29.2 Å². The van der Waals surface area contributed by atoms with Gasteiger partial charge < -0.3 is 4.57 Å². The van der Waals surface area contributed by atoms with Crippen LogP contribution < -0.4 is 0 Å². The third-order valence-electron chi connectivity index (χ3n) is 2.96. The van der Waals surface area contributed by atoms with E-state index >= 15 is 0 Å². The van der Waals surface area contributed by atoms with Crippen LogP contribution in [0, 0.1) is 11.2 Å². The van der Waals surface area contributed by atoms with Gasteiger partial charge in [-0.2, -0.15) is 0 Å². The van der Waals surface area contributed by atoms with Gasteiger partial charge in [-0.1, -0.05) is 27.4 Å². The van der Waals surface area contributed by atoms with Crippen LogP contribution in [0.4, 0.5) is 4.39 Å². The van der Waals surface area contributed by atoms with E-state index in [4.69, 9.17) is 0 Å². The predicted molar refractivity (Wildman–Crippen MR) is 76.1 cm³/mol. The SMILES string of the molecule is C=C(C)c1cc2c(ccn2CC(C)(C)C)cc1F. The van der Waals surface area contributed by atoms with Gasteiger partial charge in [0.2, 0.25) is 0 Å². The van der Waals surface area contributed by atoms with E-state index in [2.05, 4.69) is 31.9 Å². The molecule has 0 fully saturated rings. The highest BCUT2D eigenvalue weighted by molar-refractivity contribution is 5.84. The lowest BCUT2D eigenvalue weighted by molar-refractivity contribution is 0.349. The molecule has 0 aliphatic carbocycles. The molecule has 0 saturated carbocycles. The van der Waals surface area contributed by atoms with Crippen LogP contribution in [0.15, 0.2) is 31.0 Å². The summed E-state index contributed by atoms with van der Waals surface area (Å²) in [6.45, 7) is 13.2. The fraction of sp³-hybridized carbons (Fsp3) is 0.375. The Labute approximate surface area is 108 Å². The summed E-state index contributed by atoms with van der Waals surface area (Å²) in [5, 5.41) is 0.946. The molecule has 0 aliphatic rings. The van der Waals surface area contributed by atoms with Crippen LogP contribution in [0.5, 0.6) is 0 Å². The van der Waals surface area contributed by atoms with Crippen LogP contribution in [0.1, 0.15) is 33.3 Å². The Morgan fingerprint density at radius 3 is 2.56 bits per heavy atom. The Morgan fingerprint density at radius 1 is 1.33 bits per heavy atom. The minimum Gasteiger partial charge on any atom is -0.347 e. The molecule has 0 aliphatic heterocycles.